The predicted octanol–water partition coefficient (Wildman–Crippen LogP) is -1.90. The average molecular weight is 223 g/mol. The van der Waals surface area contributed by atoms with Crippen LogP contribution in [0.15, 0.2) is 0 Å². The van der Waals surface area contributed by atoms with Crippen molar-refractivity contribution >= 4 is 70.7 Å². The van der Waals surface area contributed by atoms with Gasteiger partial charge in [-0.1, -0.05) is 0 Å². The van der Waals surface area contributed by atoms with Crippen LogP contribution in [0.2, 0.25) is 0 Å². The summed E-state index contributed by atoms with van der Waals surface area (Å²) in [7, 11) is 1.86. The van der Waals surface area contributed by atoms with Crippen LogP contribution in [0, 0.1) is 0 Å². The van der Waals surface area contributed by atoms with Crippen molar-refractivity contribution in [2.45, 2.75) is 0 Å². The molecule has 0 spiro atoms. The molecule has 0 aromatic heterocycles. The monoisotopic (exact) mass is 222 g/mol. The zero-order valence-corrected chi connectivity index (χ0v) is 11.0. The third-order valence-corrected chi connectivity index (χ3v) is 48.6. The molecule has 0 aromatic carbocycles. The molecule has 0 fully saturated rings. The van der Waals surface area contributed by atoms with Gasteiger partial charge in [0.05, 0.1) is 0 Å². The molecule has 0 saturated heterocycles. The van der Waals surface area contributed by atoms with E-state index in [1.165, 1.54) is 0 Å². The minimum atomic E-state index is 0.644. The van der Waals surface area contributed by atoms with E-state index in [0.29, 0.717) is 15.6 Å². The Balaban J connectivity index is 2.65. The zero-order chi connectivity index (χ0) is 4.12. The summed E-state index contributed by atoms with van der Waals surface area (Å²) < 4.78 is 0. The molecule has 0 saturated carbocycles. The van der Waals surface area contributed by atoms with E-state index in [0.717, 1.165) is 17.8 Å². The van der Waals surface area contributed by atoms with Crippen molar-refractivity contribution in [3.63, 3.8) is 0 Å². The van der Waals surface area contributed by atoms with Crippen LogP contribution in [-0.4, -0.2) is 70.7 Å². The molecule has 0 rings (SSSR count). The topological polar surface area (TPSA) is 0 Å². The molecule has 5 heavy (non-hydrogen) atoms. The van der Waals surface area contributed by atoms with Gasteiger partial charge in [-0.15, -0.1) is 0 Å². The normalized spacial score (nSPS) is 8.80. The number of rotatable bonds is 2. The van der Waals surface area contributed by atoms with E-state index in [2.05, 4.69) is 37.4 Å². The zero-order valence-electron chi connectivity index (χ0n) is 3.02. The first kappa shape index (κ1) is 8.42. The molecule has 0 heterocycles. The molecular formula is As2Mg3. The molecule has 0 bridgehead atoms. The van der Waals surface area contributed by atoms with Gasteiger partial charge < -0.3 is 0 Å². The van der Waals surface area contributed by atoms with Crippen LogP contribution in [0.4, 0.5) is 0 Å². The quantitative estimate of drug-likeness (QED) is 0.479. The van der Waals surface area contributed by atoms with Crippen molar-refractivity contribution in [2.75, 3.05) is 0 Å². The Morgan fingerprint density at radius 2 is 1.60 bits per heavy atom. The van der Waals surface area contributed by atoms with Crippen LogP contribution < -0.4 is 0 Å². The molecular weight excluding hydrogens is 223 g/mol. The first-order chi connectivity index (χ1) is 2.41. The van der Waals surface area contributed by atoms with Crippen LogP contribution in [-0.2, 0) is 0 Å². The third kappa shape index (κ3) is 7.42. The van der Waals surface area contributed by atoms with Crippen LogP contribution in [0.3, 0.4) is 0 Å². The Kier molecular flexibility index (Phi) is 12.5. The average Bonchev–Trinajstić information content (AvgIpc) is 1.41. The Labute approximate surface area is 68.7 Å². The second kappa shape index (κ2) is 7.42. The summed E-state index contributed by atoms with van der Waals surface area (Å²) in [5, 5.41) is 0. The summed E-state index contributed by atoms with van der Waals surface area (Å²) in [4.78, 5) is 0. The maximum atomic E-state index is 2.23. The van der Waals surface area contributed by atoms with Gasteiger partial charge in [0.15, 0.2) is 0 Å². The van der Waals surface area contributed by atoms with Crippen LogP contribution >= 0.6 is 0 Å². The summed E-state index contributed by atoms with van der Waals surface area (Å²) in [6.07, 6.45) is 0. The molecule has 0 aliphatic rings. The van der Waals surface area contributed by atoms with E-state index in [1.54, 1.807) is 0 Å². The SMILES string of the molecule is [Mg]=[As][Mg][As]=[Mg]. The summed E-state index contributed by atoms with van der Waals surface area (Å²) in [6.45, 7) is 0. The fraction of sp³-hybridized carbons (Fsp3) is 0. The van der Waals surface area contributed by atoms with Gasteiger partial charge in [0.25, 0.3) is 0 Å². The molecule has 0 amide bonds. The standard InChI is InChI=1S/2As.3Mg. The molecule has 0 aliphatic heterocycles. The van der Waals surface area contributed by atoms with Crippen molar-refractivity contribution in [3.05, 3.63) is 0 Å². The molecule has 0 aliphatic carbocycles. The molecule has 0 nitrogen and oxygen atoms in total. The molecule has 0 N–H and O–H groups in total. The first-order valence-corrected chi connectivity index (χ1v) is 19.7. The Bertz CT molecular complexity index is 34.2. The van der Waals surface area contributed by atoms with E-state index in [-0.39, 0.29) is 0 Å². The van der Waals surface area contributed by atoms with Gasteiger partial charge in [-0.3, -0.25) is 0 Å². The minimum absolute atomic E-state index is 0.644. The van der Waals surface area contributed by atoms with Crippen molar-refractivity contribution in [1.82, 2.24) is 0 Å². The van der Waals surface area contributed by atoms with E-state index < -0.39 is 0 Å². The Morgan fingerprint density at radius 1 is 1.20 bits per heavy atom. The van der Waals surface area contributed by atoms with Crippen LogP contribution in [0.1, 0.15) is 0 Å². The molecule has 16 valence electrons. The van der Waals surface area contributed by atoms with E-state index in [1.807, 2.05) is 0 Å². The molecule has 0 radical (unpaired) electrons. The van der Waals surface area contributed by atoms with Crippen molar-refractivity contribution in [2.24, 2.45) is 0 Å². The summed E-state index contributed by atoms with van der Waals surface area (Å²) in [5.41, 5.74) is 0. The van der Waals surface area contributed by atoms with Gasteiger partial charge in [0.2, 0.25) is 0 Å². The summed E-state index contributed by atoms with van der Waals surface area (Å²) in [6, 6.07) is 0. The van der Waals surface area contributed by atoms with Gasteiger partial charge in [-0.2, -0.15) is 0 Å². The molecule has 0 aromatic rings. The Morgan fingerprint density at radius 3 is 1.60 bits per heavy atom. The van der Waals surface area contributed by atoms with E-state index in [9.17, 15) is 0 Å². The van der Waals surface area contributed by atoms with Gasteiger partial charge in [-0.25, -0.2) is 0 Å². The fourth-order valence-corrected chi connectivity index (χ4v) is 51.5. The van der Waals surface area contributed by atoms with Gasteiger partial charge in [0.1, 0.15) is 0 Å². The summed E-state index contributed by atoms with van der Waals surface area (Å²) in [5.74, 6) is 0. The Hall–Kier alpha value is 3.42. The third-order valence-electron chi connectivity index (χ3n) is 0.200. The van der Waals surface area contributed by atoms with Gasteiger partial charge >= 0.3 is 70.7 Å². The van der Waals surface area contributed by atoms with E-state index >= 15 is 0 Å². The molecule has 0 unspecified atom stereocenters. The second-order valence-corrected chi connectivity index (χ2v) is 32.4. The van der Waals surface area contributed by atoms with Gasteiger partial charge in [-0.05, 0) is 0 Å². The summed E-state index contributed by atoms with van der Waals surface area (Å²) >= 11 is 5.11. The second-order valence-electron chi connectivity index (χ2n) is 0.589. The number of hydrogen-bond acceptors (Lipinski definition) is 0. The van der Waals surface area contributed by atoms with E-state index in [4.69, 9.17) is 0 Å². The van der Waals surface area contributed by atoms with Crippen LogP contribution in [0.25, 0.3) is 0 Å². The van der Waals surface area contributed by atoms with Crippen LogP contribution in [0.5, 0.6) is 0 Å². The maximum absolute atomic E-state index is 2.23. The van der Waals surface area contributed by atoms with Crippen molar-refractivity contribution in [3.8, 4) is 0 Å². The predicted molar refractivity (Wildman–Crippen MR) is 28.8 cm³/mol. The van der Waals surface area contributed by atoms with Crippen molar-refractivity contribution in [1.29, 1.82) is 0 Å². The molecule has 5 heteroatoms. The van der Waals surface area contributed by atoms with Crippen molar-refractivity contribution < 1.29 is 0 Å². The fourth-order valence-electron chi connectivity index (χ4n) is 0.0707. The first-order valence-electron chi connectivity index (χ1n) is 1.26. The van der Waals surface area contributed by atoms with Gasteiger partial charge in [0, 0.05) is 0 Å². The number of hydrogen-bond donors (Lipinski definition) is 0. The molecule has 0 atom stereocenters.